The van der Waals surface area contributed by atoms with Gasteiger partial charge < -0.3 is 9.59 Å². The Hall–Kier alpha value is 0.137. The summed E-state index contributed by atoms with van der Waals surface area (Å²) in [7, 11) is -1.92. The summed E-state index contributed by atoms with van der Waals surface area (Å²) in [6.45, 7) is 2.17. The van der Waals surface area contributed by atoms with E-state index in [9.17, 15) is 0 Å². The third-order valence-corrected chi connectivity index (χ3v) is 2.30. The van der Waals surface area contributed by atoms with Crippen molar-refractivity contribution in [2.45, 2.75) is 45.1 Å². The van der Waals surface area contributed by atoms with Crippen molar-refractivity contribution in [3.8, 4) is 0 Å². The molecule has 1 radical (unpaired) electrons. The molecular weight excluding hydrogens is 144 g/mol. The highest BCUT2D eigenvalue weighted by atomic mass is 28.3. The normalized spacial score (nSPS) is 10.8. The van der Waals surface area contributed by atoms with Gasteiger partial charge in [0.05, 0.1) is 0 Å². The van der Waals surface area contributed by atoms with Gasteiger partial charge in [0.25, 0.3) is 0 Å². The highest BCUT2D eigenvalue weighted by molar-refractivity contribution is 6.40. The first-order chi connectivity index (χ1) is 4.77. The van der Waals surface area contributed by atoms with Crippen molar-refractivity contribution in [2.75, 3.05) is 0 Å². The summed E-state index contributed by atoms with van der Waals surface area (Å²) in [5.74, 6) is 0. The Balaban J connectivity index is 2.77. The molecule has 0 aliphatic heterocycles. The van der Waals surface area contributed by atoms with Crippen LogP contribution in [0.25, 0.3) is 0 Å². The summed E-state index contributed by atoms with van der Waals surface area (Å²) in [5, 5.41) is 0. The molecule has 61 valence electrons. The molecule has 3 heteroatoms. The van der Waals surface area contributed by atoms with Crippen molar-refractivity contribution in [1.29, 1.82) is 0 Å². The van der Waals surface area contributed by atoms with Gasteiger partial charge in [-0.25, -0.2) is 0 Å². The summed E-state index contributed by atoms with van der Waals surface area (Å²) < 4.78 is 0. The number of rotatable bonds is 6. The highest BCUT2D eigenvalue weighted by Crippen LogP contribution is 2.05. The van der Waals surface area contributed by atoms with E-state index in [1.807, 2.05) is 0 Å². The fraction of sp³-hybridized carbons (Fsp3) is 1.00. The molecule has 0 saturated carbocycles. The van der Waals surface area contributed by atoms with Gasteiger partial charge in [-0.3, -0.25) is 0 Å². The molecule has 2 nitrogen and oxygen atoms in total. The smallest absolute Gasteiger partial charge is 0.378 e. The molecule has 0 atom stereocenters. The van der Waals surface area contributed by atoms with Crippen LogP contribution in [0.15, 0.2) is 0 Å². The van der Waals surface area contributed by atoms with Crippen LogP contribution in [0.5, 0.6) is 0 Å². The lowest BCUT2D eigenvalue weighted by molar-refractivity contribution is 0.401. The molecule has 0 aromatic heterocycles. The first-order valence-corrected chi connectivity index (χ1v) is 5.61. The van der Waals surface area contributed by atoms with E-state index in [-0.39, 0.29) is 0 Å². The van der Waals surface area contributed by atoms with E-state index in [1.165, 1.54) is 19.3 Å². The van der Waals surface area contributed by atoms with Gasteiger partial charge in [0.1, 0.15) is 0 Å². The van der Waals surface area contributed by atoms with Crippen molar-refractivity contribution in [3.63, 3.8) is 0 Å². The lowest BCUT2D eigenvalue weighted by Crippen LogP contribution is -2.09. The predicted molar refractivity (Wildman–Crippen MR) is 43.8 cm³/mol. The minimum absolute atomic E-state index is 0.633. The van der Waals surface area contributed by atoms with Crippen molar-refractivity contribution < 1.29 is 9.59 Å². The molecule has 0 saturated heterocycles. The molecule has 0 bridgehead atoms. The summed E-state index contributed by atoms with van der Waals surface area (Å²) in [6, 6.07) is 0.633. The molecule has 0 amide bonds. The molecular formula is C7H17O2Si. The molecule has 0 aromatic rings. The lowest BCUT2D eigenvalue weighted by Gasteiger charge is -1.98. The zero-order chi connectivity index (χ0) is 7.82. The van der Waals surface area contributed by atoms with Crippen molar-refractivity contribution >= 4 is 9.28 Å². The van der Waals surface area contributed by atoms with Crippen LogP contribution in [-0.4, -0.2) is 18.9 Å². The van der Waals surface area contributed by atoms with E-state index in [0.29, 0.717) is 6.04 Å². The molecule has 0 spiro atoms. The third kappa shape index (κ3) is 8.14. The molecule has 0 aliphatic carbocycles. The monoisotopic (exact) mass is 161 g/mol. The van der Waals surface area contributed by atoms with Crippen LogP contribution in [-0.2, 0) is 0 Å². The van der Waals surface area contributed by atoms with Crippen LogP contribution in [0.3, 0.4) is 0 Å². The molecule has 2 N–H and O–H groups in total. The molecule has 0 unspecified atom stereocenters. The fourth-order valence-corrected chi connectivity index (χ4v) is 1.45. The second-order valence-electron chi connectivity index (χ2n) is 2.58. The summed E-state index contributed by atoms with van der Waals surface area (Å²) in [6.07, 6.45) is 5.91. The maximum atomic E-state index is 8.57. The molecule has 0 fully saturated rings. The Morgan fingerprint density at radius 1 is 1.00 bits per heavy atom. The fourth-order valence-electron chi connectivity index (χ4n) is 0.887. The zero-order valence-corrected chi connectivity index (χ0v) is 7.64. The Morgan fingerprint density at radius 2 is 1.60 bits per heavy atom. The van der Waals surface area contributed by atoms with E-state index in [0.717, 1.165) is 12.8 Å². The average Bonchev–Trinajstić information content (AvgIpc) is 1.87. The second-order valence-corrected chi connectivity index (χ2v) is 3.91. The SMILES string of the molecule is CCCCCCC[Si](O)O. The molecule has 10 heavy (non-hydrogen) atoms. The summed E-state index contributed by atoms with van der Waals surface area (Å²) >= 11 is 0. The molecule has 0 aromatic carbocycles. The lowest BCUT2D eigenvalue weighted by atomic mass is 10.2. The Bertz CT molecular complexity index is 66.6. The van der Waals surface area contributed by atoms with Gasteiger partial charge in [-0.1, -0.05) is 39.0 Å². The minimum atomic E-state index is -1.92. The van der Waals surface area contributed by atoms with Crippen molar-refractivity contribution in [3.05, 3.63) is 0 Å². The Labute approximate surface area is 64.7 Å². The van der Waals surface area contributed by atoms with Crippen LogP contribution >= 0.6 is 0 Å². The van der Waals surface area contributed by atoms with E-state index in [4.69, 9.17) is 9.59 Å². The van der Waals surface area contributed by atoms with E-state index >= 15 is 0 Å². The quantitative estimate of drug-likeness (QED) is 0.457. The largest absolute Gasteiger partial charge is 0.410 e. The maximum Gasteiger partial charge on any atom is 0.378 e. The average molecular weight is 161 g/mol. The van der Waals surface area contributed by atoms with E-state index in [1.54, 1.807) is 0 Å². The summed E-state index contributed by atoms with van der Waals surface area (Å²) in [5.41, 5.74) is 0. The third-order valence-electron chi connectivity index (χ3n) is 1.50. The summed E-state index contributed by atoms with van der Waals surface area (Å²) in [4.78, 5) is 17.1. The van der Waals surface area contributed by atoms with Crippen LogP contribution in [0.4, 0.5) is 0 Å². The van der Waals surface area contributed by atoms with Gasteiger partial charge in [-0.2, -0.15) is 0 Å². The van der Waals surface area contributed by atoms with Crippen LogP contribution in [0, 0.1) is 0 Å². The Kier molecular flexibility index (Phi) is 7.35. The zero-order valence-electron chi connectivity index (χ0n) is 6.64. The van der Waals surface area contributed by atoms with Gasteiger partial charge in [0.15, 0.2) is 0 Å². The molecule has 0 heterocycles. The number of unbranched alkanes of at least 4 members (excludes halogenated alkanes) is 4. The van der Waals surface area contributed by atoms with Crippen LogP contribution < -0.4 is 0 Å². The second kappa shape index (κ2) is 7.25. The predicted octanol–water partition coefficient (Wildman–Crippen LogP) is 1.43. The molecule has 0 rings (SSSR count). The number of hydrogen-bond donors (Lipinski definition) is 2. The van der Waals surface area contributed by atoms with Crippen molar-refractivity contribution in [2.24, 2.45) is 0 Å². The van der Waals surface area contributed by atoms with Gasteiger partial charge >= 0.3 is 9.28 Å². The highest BCUT2D eigenvalue weighted by Gasteiger charge is 2.01. The Morgan fingerprint density at radius 3 is 2.10 bits per heavy atom. The van der Waals surface area contributed by atoms with E-state index in [2.05, 4.69) is 6.92 Å². The first kappa shape index (κ1) is 10.1. The van der Waals surface area contributed by atoms with Crippen LogP contribution in [0.1, 0.15) is 39.0 Å². The minimum Gasteiger partial charge on any atom is -0.410 e. The number of hydrogen-bond acceptors (Lipinski definition) is 2. The first-order valence-electron chi connectivity index (χ1n) is 4.01. The standard InChI is InChI=1S/C7H17O2Si/c1-2-3-4-5-6-7-10(8)9/h8-9H,2-7H2,1H3. The van der Waals surface area contributed by atoms with Crippen LogP contribution in [0.2, 0.25) is 6.04 Å². The van der Waals surface area contributed by atoms with Gasteiger partial charge in [0.2, 0.25) is 0 Å². The van der Waals surface area contributed by atoms with Gasteiger partial charge in [-0.15, -0.1) is 0 Å². The van der Waals surface area contributed by atoms with E-state index < -0.39 is 9.28 Å². The topological polar surface area (TPSA) is 40.5 Å². The van der Waals surface area contributed by atoms with Gasteiger partial charge in [-0.05, 0) is 6.04 Å². The van der Waals surface area contributed by atoms with Gasteiger partial charge in [0, 0.05) is 0 Å². The van der Waals surface area contributed by atoms with Crippen molar-refractivity contribution in [1.82, 2.24) is 0 Å². The maximum absolute atomic E-state index is 8.57. The molecule has 0 aliphatic rings.